The average Bonchev–Trinajstić information content (AvgIpc) is 3.48. The normalized spacial score (nSPS) is 25.3. The molecule has 4 fully saturated rings. The molecule has 9 rings (SSSR count). The van der Waals surface area contributed by atoms with E-state index in [1.165, 1.54) is 0 Å². The van der Waals surface area contributed by atoms with Crippen molar-refractivity contribution in [3.63, 3.8) is 0 Å². The Balaban J connectivity index is 0.796. The Bertz CT molecular complexity index is 2590. The third kappa shape index (κ3) is 7.23. The summed E-state index contributed by atoms with van der Waals surface area (Å²) in [6.07, 6.45) is 5.24. The van der Waals surface area contributed by atoms with Gasteiger partial charge in [0, 0.05) is 73.3 Å². The molecule has 2 saturated heterocycles. The molecule has 15 nitrogen and oxygen atoms in total. The van der Waals surface area contributed by atoms with Crippen molar-refractivity contribution in [2.24, 2.45) is 22.5 Å². The molecule has 2 aliphatic carbocycles. The van der Waals surface area contributed by atoms with Gasteiger partial charge in [-0.05, 0) is 86.8 Å². The highest BCUT2D eigenvalue weighted by molar-refractivity contribution is 6.23. The first-order valence-electron chi connectivity index (χ1n) is 21.8. The lowest BCUT2D eigenvalue weighted by Gasteiger charge is -2.63. The van der Waals surface area contributed by atoms with Crippen LogP contribution in [0, 0.1) is 28.1 Å². The summed E-state index contributed by atoms with van der Waals surface area (Å²) in [6, 6.07) is 17.5. The number of hydrogen-bond donors (Lipinski definition) is 2. The molecular formula is C48H52N8O7. The number of nitrogens with one attached hydrogen (secondary N) is 1. The molecule has 1 unspecified atom stereocenters. The van der Waals surface area contributed by atoms with Gasteiger partial charge < -0.3 is 25.0 Å². The van der Waals surface area contributed by atoms with E-state index >= 15 is 0 Å². The highest BCUT2D eigenvalue weighted by atomic mass is 16.5. The molecule has 326 valence electrons. The number of piperidine rings is 2. The monoisotopic (exact) mass is 852 g/mol. The number of anilines is 1. The van der Waals surface area contributed by atoms with Crippen LogP contribution < -0.4 is 25.4 Å². The smallest absolute Gasteiger partial charge is 0.262 e. The maximum atomic E-state index is 13.3. The van der Waals surface area contributed by atoms with Gasteiger partial charge in [0.15, 0.2) is 0 Å². The number of nitriles is 1. The van der Waals surface area contributed by atoms with Crippen LogP contribution in [0.2, 0.25) is 0 Å². The molecule has 4 aromatic rings. The van der Waals surface area contributed by atoms with Crippen molar-refractivity contribution >= 4 is 46.3 Å². The summed E-state index contributed by atoms with van der Waals surface area (Å²) in [5, 5.41) is 12.7. The van der Waals surface area contributed by atoms with Gasteiger partial charge in [0.2, 0.25) is 11.8 Å². The molecule has 1 atom stereocenters. The van der Waals surface area contributed by atoms with Crippen molar-refractivity contribution in [2.45, 2.75) is 96.4 Å². The third-order valence-corrected chi connectivity index (χ3v) is 14.3. The lowest BCUT2D eigenvalue weighted by Crippen LogP contribution is -2.64. The second-order valence-electron chi connectivity index (χ2n) is 19.1. The van der Waals surface area contributed by atoms with Crippen LogP contribution in [0.1, 0.15) is 114 Å². The Morgan fingerprint density at radius 2 is 1.68 bits per heavy atom. The van der Waals surface area contributed by atoms with E-state index in [0.29, 0.717) is 45.8 Å². The number of nitrogens with zero attached hydrogens (tertiary/aromatic N) is 6. The number of carbonyl (C=O) groups is 5. The molecule has 5 heterocycles. The number of imide groups is 2. The minimum atomic E-state index is -1.01. The Labute approximate surface area is 365 Å². The molecule has 0 spiro atoms. The SMILES string of the molecule is CN(CC1CCN(c2ccc(C(N)=O)c(C3C(C)(C)C(Oc4ccc(C#N)c5ncccc45)C3(C)C)n2)CC1)C1CC(Oc2ccc3c(c2)C(=O)N(C2CCC(=O)NC2=O)C3=O)C1. The summed E-state index contributed by atoms with van der Waals surface area (Å²) in [5.74, 6) is -0.274. The van der Waals surface area contributed by atoms with E-state index in [1.807, 2.05) is 30.3 Å². The predicted octanol–water partition coefficient (Wildman–Crippen LogP) is 5.36. The van der Waals surface area contributed by atoms with Gasteiger partial charge >= 0.3 is 0 Å². The van der Waals surface area contributed by atoms with Crippen LogP contribution in [0.15, 0.2) is 60.8 Å². The molecule has 2 aromatic carbocycles. The fraction of sp³-hybridized carbons (Fsp3) is 0.458. The zero-order valence-electron chi connectivity index (χ0n) is 36.2. The van der Waals surface area contributed by atoms with Crippen LogP contribution >= 0.6 is 0 Å². The van der Waals surface area contributed by atoms with Gasteiger partial charge in [0.1, 0.15) is 41.6 Å². The standard InChI is InChI=1S/C48H52N8O7/c1-47(2)41(48(3,4)46(47)63-36-13-8-27(24-49)39-32(36)7-6-18-51-39)40-33(42(50)58)11-14-37(52-40)55-19-16-26(17-20-55)25-54(5)28-21-30(22-28)62-29-9-10-31-34(23-29)45(61)56(44(31)60)35-12-15-38(57)53-43(35)59/h6-11,13-14,18,23,26,28,30,35,41,46H,12,15-17,19-22,25H2,1-5H3,(H2,50,58)(H,53,57,59). The molecule has 3 N–H and O–H groups in total. The van der Waals surface area contributed by atoms with Crippen LogP contribution in [0.5, 0.6) is 11.5 Å². The summed E-state index contributed by atoms with van der Waals surface area (Å²) in [5.41, 5.74) is 7.78. The van der Waals surface area contributed by atoms with Crippen molar-refractivity contribution in [1.29, 1.82) is 5.26 Å². The quantitative estimate of drug-likeness (QED) is 0.183. The lowest BCUT2D eigenvalue weighted by atomic mass is 9.44. The Hall–Kier alpha value is -6.40. The first-order valence-corrected chi connectivity index (χ1v) is 21.8. The first-order chi connectivity index (χ1) is 30.1. The van der Waals surface area contributed by atoms with Crippen molar-refractivity contribution in [3.8, 4) is 17.6 Å². The largest absolute Gasteiger partial charge is 0.490 e. The Morgan fingerprint density at radius 3 is 2.38 bits per heavy atom. The van der Waals surface area contributed by atoms with Crippen LogP contribution in [0.25, 0.3) is 10.9 Å². The van der Waals surface area contributed by atoms with E-state index in [9.17, 15) is 29.2 Å². The Kier molecular flexibility index (Phi) is 10.5. The Morgan fingerprint density at radius 1 is 0.952 bits per heavy atom. The zero-order chi connectivity index (χ0) is 44.5. The second-order valence-corrected chi connectivity index (χ2v) is 19.1. The molecule has 2 aromatic heterocycles. The number of hydrogen-bond acceptors (Lipinski definition) is 12. The third-order valence-electron chi connectivity index (χ3n) is 14.3. The predicted molar refractivity (Wildman–Crippen MR) is 232 cm³/mol. The van der Waals surface area contributed by atoms with Crippen molar-refractivity contribution in [3.05, 3.63) is 88.7 Å². The van der Waals surface area contributed by atoms with Crippen LogP contribution in [-0.4, -0.2) is 100 Å². The number of ether oxygens (including phenoxy) is 2. The van der Waals surface area contributed by atoms with E-state index in [0.717, 1.165) is 61.4 Å². The number of nitrogens with two attached hydrogens (primary N) is 1. The van der Waals surface area contributed by atoms with E-state index in [4.69, 9.17) is 20.2 Å². The molecule has 63 heavy (non-hydrogen) atoms. The molecule has 5 amide bonds. The number of carbonyl (C=O) groups excluding carboxylic acids is 5. The van der Waals surface area contributed by atoms with Gasteiger partial charge in [0.05, 0.1) is 33.5 Å². The molecule has 0 bridgehead atoms. The van der Waals surface area contributed by atoms with Crippen LogP contribution in [0.3, 0.4) is 0 Å². The number of pyridine rings is 2. The number of amides is 5. The van der Waals surface area contributed by atoms with Gasteiger partial charge in [-0.3, -0.25) is 39.2 Å². The fourth-order valence-corrected chi connectivity index (χ4v) is 11.3. The highest BCUT2D eigenvalue weighted by Gasteiger charge is 2.65. The minimum Gasteiger partial charge on any atom is -0.490 e. The van der Waals surface area contributed by atoms with Gasteiger partial charge in [0.25, 0.3) is 17.7 Å². The van der Waals surface area contributed by atoms with E-state index in [1.54, 1.807) is 30.5 Å². The maximum absolute atomic E-state index is 13.3. The van der Waals surface area contributed by atoms with Gasteiger partial charge in [-0.1, -0.05) is 27.7 Å². The van der Waals surface area contributed by atoms with Crippen molar-refractivity contribution in [2.75, 3.05) is 31.6 Å². The second kappa shape index (κ2) is 15.7. The first kappa shape index (κ1) is 41.9. The van der Waals surface area contributed by atoms with Gasteiger partial charge in [-0.15, -0.1) is 0 Å². The topological polar surface area (TPSA) is 201 Å². The number of primary amides is 1. The summed E-state index contributed by atoms with van der Waals surface area (Å²) in [4.78, 5) is 78.7. The molecule has 15 heteroatoms. The van der Waals surface area contributed by atoms with E-state index < -0.39 is 46.4 Å². The molecular weight excluding hydrogens is 801 g/mol. The summed E-state index contributed by atoms with van der Waals surface area (Å²) in [6.45, 7) is 11.2. The number of benzene rings is 2. The van der Waals surface area contributed by atoms with Crippen LogP contribution in [-0.2, 0) is 9.59 Å². The summed E-state index contributed by atoms with van der Waals surface area (Å²) < 4.78 is 13.0. The average molecular weight is 853 g/mol. The highest BCUT2D eigenvalue weighted by Crippen LogP contribution is 2.65. The lowest BCUT2D eigenvalue weighted by molar-refractivity contribution is -0.161. The number of aromatic nitrogens is 2. The van der Waals surface area contributed by atoms with Crippen molar-refractivity contribution < 1.29 is 33.4 Å². The fourth-order valence-electron chi connectivity index (χ4n) is 11.3. The molecule has 0 radical (unpaired) electrons. The van der Waals surface area contributed by atoms with E-state index in [-0.39, 0.29) is 42.1 Å². The molecule has 2 saturated carbocycles. The molecule has 5 aliphatic rings. The van der Waals surface area contributed by atoms with E-state index in [2.05, 4.69) is 60.9 Å². The number of rotatable bonds is 11. The zero-order valence-corrected chi connectivity index (χ0v) is 36.2. The molecule has 3 aliphatic heterocycles. The maximum Gasteiger partial charge on any atom is 0.262 e. The number of fused-ring (bicyclic) bond motifs is 2. The summed E-state index contributed by atoms with van der Waals surface area (Å²) >= 11 is 0. The minimum absolute atomic E-state index is 0.0277. The van der Waals surface area contributed by atoms with Crippen LogP contribution in [0.4, 0.5) is 5.82 Å². The van der Waals surface area contributed by atoms with Gasteiger partial charge in [-0.25, -0.2) is 4.98 Å². The summed E-state index contributed by atoms with van der Waals surface area (Å²) in [7, 11) is 2.16. The van der Waals surface area contributed by atoms with Gasteiger partial charge in [-0.2, -0.15) is 5.26 Å². The van der Waals surface area contributed by atoms with Crippen molar-refractivity contribution in [1.82, 2.24) is 25.1 Å².